The fraction of sp³-hybridized carbons (Fsp3) is 0.533. The highest BCUT2D eigenvalue weighted by atomic mass is 79.9. The molecule has 1 unspecified atom stereocenters. The maximum Gasteiger partial charge on any atom is 0.312 e. The van der Waals surface area contributed by atoms with Gasteiger partial charge in [-0.1, -0.05) is 28.1 Å². The number of benzene rings is 1. The van der Waals surface area contributed by atoms with Crippen molar-refractivity contribution in [2.24, 2.45) is 5.73 Å². The Morgan fingerprint density at radius 3 is 2.75 bits per heavy atom. The topological polar surface area (TPSA) is 58.4 Å². The third kappa shape index (κ3) is 2.69. The van der Waals surface area contributed by atoms with Gasteiger partial charge >= 0.3 is 6.03 Å². The maximum absolute atomic E-state index is 10.9. The number of primary amides is 1. The van der Waals surface area contributed by atoms with Crippen molar-refractivity contribution >= 4 is 22.0 Å². The van der Waals surface area contributed by atoms with Crippen molar-refractivity contribution in [1.82, 2.24) is 10.2 Å². The van der Waals surface area contributed by atoms with Crippen molar-refractivity contribution < 1.29 is 4.79 Å². The van der Waals surface area contributed by atoms with E-state index >= 15 is 0 Å². The summed E-state index contributed by atoms with van der Waals surface area (Å²) in [4.78, 5) is 13.5. The molecule has 1 saturated heterocycles. The SMILES string of the molecule is NC(=O)NC1CCN(C2CCc3c(Br)cccc32)CC1. The van der Waals surface area contributed by atoms with Crippen molar-refractivity contribution in [2.75, 3.05) is 13.1 Å². The highest BCUT2D eigenvalue weighted by molar-refractivity contribution is 9.10. The third-order valence-corrected chi connectivity index (χ3v) is 5.24. The van der Waals surface area contributed by atoms with Crippen LogP contribution >= 0.6 is 15.9 Å². The van der Waals surface area contributed by atoms with E-state index in [-0.39, 0.29) is 6.04 Å². The first-order valence-electron chi connectivity index (χ1n) is 7.22. The Labute approximate surface area is 127 Å². The van der Waals surface area contributed by atoms with Gasteiger partial charge in [0.05, 0.1) is 0 Å². The number of hydrogen-bond acceptors (Lipinski definition) is 2. The van der Waals surface area contributed by atoms with Crippen molar-refractivity contribution in [1.29, 1.82) is 0 Å². The zero-order chi connectivity index (χ0) is 14.1. The summed E-state index contributed by atoms with van der Waals surface area (Å²) in [7, 11) is 0. The summed E-state index contributed by atoms with van der Waals surface area (Å²) in [5, 5.41) is 2.83. The Morgan fingerprint density at radius 1 is 1.30 bits per heavy atom. The monoisotopic (exact) mass is 337 g/mol. The number of nitrogens with zero attached hydrogens (tertiary/aromatic N) is 1. The molecule has 1 aromatic carbocycles. The van der Waals surface area contributed by atoms with Crippen LogP contribution in [0.15, 0.2) is 22.7 Å². The molecule has 3 rings (SSSR count). The van der Waals surface area contributed by atoms with Gasteiger partial charge in [-0.25, -0.2) is 4.79 Å². The average molecular weight is 338 g/mol. The highest BCUT2D eigenvalue weighted by Crippen LogP contribution is 2.40. The van der Waals surface area contributed by atoms with Crippen LogP contribution < -0.4 is 11.1 Å². The second-order valence-electron chi connectivity index (χ2n) is 5.68. The first-order valence-corrected chi connectivity index (χ1v) is 8.02. The van der Waals surface area contributed by atoms with Crippen LogP contribution in [0, 0.1) is 0 Å². The minimum absolute atomic E-state index is 0.243. The number of likely N-dealkylation sites (tertiary alicyclic amines) is 1. The lowest BCUT2D eigenvalue weighted by molar-refractivity contribution is 0.144. The molecule has 20 heavy (non-hydrogen) atoms. The number of nitrogens with two attached hydrogens (primary N) is 1. The second-order valence-corrected chi connectivity index (χ2v) is 6.54. The molecule has 0 bridgehead atoms. The molecule has 1 heterocycles. The van der Waals surface area contributed by atoms with Crippen molar-refractivity contribution in [3.63, 3.8) is 0 Å². The van der Waals surface area contributed by atoms with E-state index in [1.54, 1.807) is 0 Å². The fourth-order valence-corrected chi connectivity index (χ4v) is 4.10. The second kappa shape index (κ2) is 5.74. The number of amides is 2. The lowest BCUT2D eigenvalue weighted by Crippen LogP contribution is -2.46. The van der Waals surface area contributed by atoms with Gasteiger partial charge in [-0.05, 0) is 42.9 Å². The zero-order valence-corrected chi connectivity index (χ0v) is 13.0. The molecule has 0 aromatic heterocycles. The van der Waals surface area contributed by atoms with Gasteiger partial charge in [-0.2, -0.15) is 0 Å². The minimum Gasteiger partial charge on any atom is -0.352 e. The summed E-state index contributed by atoms with van der Waals surface area (Å²) in [5.41, 5.74) is 8.13. The van der Waals surface area contributed by atoms with E-state index in [2.05, 4.69) is 44.3 Å². The third-order valence-electron chi connectivity index (χ3n) is 4.50. The lowest BCUT2D eigenvalue weighted by atomic mass is 10.0. The molecule has 0 radical (unpaired) electrons. The van der Waals surface area contributed by atoms with Gasteiger partial charge in [0.1, 0.15) is 0 Å². The van der Waals surface area contributed by atoms with Crippen LogP contribution in [0.2, 0.25) is 0 Å². The molecule has 3 N–H and O–H groups in total. The van der Waals surface area contributed by atoms with E-state index in [9.17, 15) is 4.79 Å². The average Bonchev–Trinajstić information content (AvgIpc) is 2.84. The van der Waals surface area contributed by atoms with Gasteiger partial charge in [0.2, 0.25) is 0 Å². The first-order chi connectivity index (χ1) is 9.65. The Morgan fingerprint density at radius 2 is 2.05 bits per heavy atom. The highest BCUT2D eigenvalue weighted by Gasteiger charge is 2.31. The number of rotatable bonds is 2. The van der Waals surface area contributed by atoms with Gasteiger partial charge in [0.25, 0.3) is 0 Å². The maximum atomic E-state index is 10.9. The van der Waals surface area contributed by atoms with E-state index in [1.807, 2.05) is 0 Å². The zero-order valence-electron chi connectivity index (χ0n) is 11.4. The molecule has 1 aliphatic carbocycles. The summed E-state index contributed by atoms with van der Waals surface area (Å²) in [6, 6.07) is 6.89. The molecule has 2 amide bonds. The molecule has 1 aliphatic heterocycles. The minimum atomic E-state index is -0.404. The summed E-state index contributed by atoms with van der Waals surface area (Å²) < 4.78 is 1.24. The van der Waals surface area contributed by atoms with Crippen LogP contribution in [0.3, 0.4) is 0 Å². The van der Waals surface area contributed by atoms with E-state index in [0.29, 0.717) is 6.04 Å². The number of halogens is 1. The number of urea groups is 1. The van der Waals surface area contributed by atoms with Crippen LogP contribution in [-0.2, 0) is 6.42 Å². The van der Waals surface area contributed by atoms with Crippen molar-refractivity contribution in [3.8, 4) is 0 Å². The molecule has 1 fully saturated rings. The van der Waals surface area contributed by atoms with E-state index in [1.165, 1.54) is 22.0 Å². The van der Waals surface area contributed by atoms with Crippen LogP contribution in [0.5, 0.6) is 0 Å². The number of carbonyl (C=O) groups is 1. The largest absolute Gasteiger partial charge is 0.352 e. The smallest absolute Gasteiger partial charge is 0.312 e. The normalized spacial score (nSPS) is 23.6. The van der Waals surface area contributed by atoms with E-state index < -0.39 is 6.03 Å². The fourth-order valence-electron chi connectivity index (χ4n) is 3.52. The molecule has 108 valence electrons. The number of piperidine rings is 1. The molecule has 0 spiro atoms. The van der Waals surface area contributed by atoms with E-state index in [4.69, 9.17) is 5.73 Å². The first kappa shape index (κ1) is 13.9. The van der Waals surface area contributed by atoms with Gasteiger partial charge in [0.15, 0.2) is 0 Å². The molecule has 2 aliphatic rings. The summed E-state index contributed by atoms with van der Waals surface area (Å²) >= 11 is 3.66. The van der Waals surface area contributed by atoms with Gasteiger partial charge in [-0.15, -0.1) is 0 Å². The lowest BCUT2D eigenvalue weighted by Gasteiger charge is -2.36. The van der Waals surface area contributed by atoms with Crippen LogP contribution in [0.1, 0.15) is 36.4 Å². The number of fused-ring (bicyclic) bond motifs is 1. The van der Waals surface area contributed by atoms with Gasteiger partial charge in [0, 0.05) is 29.6 Å². The summed E-state index contributed by atoms with van der Waals surface area (Å²) in [6.45, 7) is 2.06. The summed E-state index contributed by atoms with van der Waals surface area (Å²) in [6.07, 6.45) is 4.33. The molecule has 0 saturated carbocycles. The predicted octanol–water partition coefficient (Wildman–Crippen LogP) is 2.57. The van der Waals surface area contributed by atoms with Crippen LogP contribution in [0.4, 0.5) is 4.79 Å². The Hall–Kier alpha value is -1.07. The van der Waals surface area contributed by atoms with Gasteiger partial charge < -0.3 is 11.1 Å². The molecular weight excluding hydrogens is 318 g/mol. The Balaban J connectivity index is 1.66. The van der Waals surface area contributed by atoms with E-state index in [0.717, 1.165) is 32.4 Å². The Bertz CT molecular complexity index is 512. The molecule has 1 atom stereocenters. The van der Waals surface area contributed by atoms with Crippen LogP contribution in [0.25, 0.3) is 0 Å². The summed E-state index contributed by atoms with van der Waals surface area (Å²) in [5.74, 6) is 0. The Kier molecular flexibility index (Phi) is 3.98. The number of hydrogen-bond donors (Lipinski definition) is 2. The quantitative estimate of drug-likeness (QED) is 0.871. The van der Waals surface area contributed by atoms with Crippen molar-refractivity contribution in [3.05, 3.63) is 33.8 Å². The van der Waals surface area contributed by atoms with Crippen LogP contribution in [-0.4, -0.2) is 30.1 Å². The number of carbonyl (C=O) groups excluding carboxylic acids is 1. The molecule has 1 aromatic rings. The number of nitrogens with one attached hydrogen (secondary N) is 1. The molecular formula is C15H20BrN3O. The molecule has 4 nitrogen and oxygen atoms in total. The van der Waals surface area contributed by atoms with Crippen molar-refractivity contribution in [2.45, 2.75) is 37.8 Å². The van der Waals surface area contributed by atoms with Gasteiger partial charge in [-0.3, -0.25) is 4.90 Å². The predicted molar refractivity (Wildman–Crippen MR) is 82.5 cm³/mol. The standard InChI is InChI=1S/C15H20BrN3O/c16-13-3-1-2-12-11(13)4-5-14(12)19-8-6-10(7-9-19)18-15(17)20/h1-3,10,14H,4-9H2,(H3,17,18,20). The molecule has 5 heteroatoms.